The second-order valence-corrected chi connectivity index (χ2v) is 11.1. The molecule has 0 unspecified atom stereocenters. The number of nitrogens with one attached hydrogen (secondary N) is 2. The van der Waals surface area contributed by atoms with Crippen molar-refractivity contribution in [2.75, 3.05) is 74.6 Å². The van der Waals surface area contributed by atoms with Gasteiger partial charge in [-0.3, -0.25) is 0 Å². The van der Waals surface area contributed by atoms with Crippen LogP contribution in [0.3, 0.4) is 0 Å². The summed E-state index contributed by atoms with van der Waals surface area (Å²) in [5.41, 5.74) is 2.15. The fourth-order valence-corrected chi connectivity index (χ4v) is 5.92. The Kier molecular flexibility index (Phi) is 7.45. The molecule has 2 aliphatic heterocycles. The van der Waals surface area contributed by atoms with Gasteiger partial charge in [-0.2, -0.15) is 14.3 Å². The third-order valence-electron chi connectivity index (χ3n) is 6.68. The van der Waals surface area contributed by atoms with Crippen molar-refractivity contribution in [3.8, 4) is 5.75 Å². The molecule has 196 valence electrons. The Labute approximate surface area is 218 Å². The largest absolute Gasteiger partial charge is 0.497 e. The lowest BCUT2D eigenvalue weighted by atomic mass is 10.2. The quantitative estimate of drug-likeness (QED) is 0.483. The van der Waals surface area contributed by atoms with E-state index in [2.05, 4.69) is 39.5 Å². The summed E-state index contributed by atoms with van der Waals surface area (Å²) in [6.07, 6.45) is 0. The number of hydrogen-bond acceptors (Lipinski definition) is 9. The van der Waals surface area contributed by atoms with Gasteiger partial charge in [0, 0.05) is 64.1 Å². The fraction of sp³-hybridized carbons (Fsp3) is 0.385. The summed E-state index contributed by atoms with van der Waals surface area (Å²) < 4.78 is 33.0. The molecule has 11 heteroatoms. The van der Waals surface area contributed by atoms with E-state index in [0.29, 0.717) is 37.9 Å². The van der Waals surface area contributed by atoms with Gasteiger partial charge in [0.1, 0.15) is 17.4 Å². The molecule has 2 fully saturated rings. The highest BCUT2D eigenvalue weighted by Gasteiger charge is 2.30. The lowest BCUT2D eigenvalue weighted by molar-refractivity contribution is 0.382. The summed E-state index contributed by atoms with van der Waals surface area (Å²) in [4.78, 5) is 14.3. The first kappa shape index (κ1) is 25.2. The van der Waals surface area contributed by atoms with Gasteiger partial charge in [0.25, 0.3) is 0 Å². The van der Waals surface area contributed by atoms with Crippen LogP contribution in [0.5, 0.6) is 5.75 Å². The number of rotatable bonds is 7. The van der Waals surface area contributed by atoms with Crippen LogP contribution in [0.2, 0.25) is 0 Å². The van der Waals surface area contributed by atoms with Crippen molar-refractivity contribution in [3.63, 3.8) is 0 Å². The lowest BCUT2D eigenvalue weighted by Gasteiger charge is -2.35. The zero-order chi connectivity index (χ0) is 25.8. The molecule has 2 saturated heterocycles. The molecule has 0 saturated carbocycles. The zero-order valence-electron chi connectivity index (χ0n) is 21.2. The molecular weight excluding hydrogens is 490 g/mol. The maximum absolute atomic E-state index is 13.2. The Morgan fingerprint density at radius 1 is 0.865 bits per heavy atom. The molecule has 1 aromatic heterocycles. The van der Waals surface area contributed by atoms with Crippen LogP contribution in [0.15, 0.2) is 59.5 Å². The first-order valence-corrected chi connectivity index (χ1v) is 13.9. The van der Waals surface area contributed by atoms with Gasteiger partial charge in [-0.1, -0.05) is 17.7 Å². The third-order valence-corrected chi connectivity index (χ3v) is 8.60. The minimum Gasteiger partial charge on any atom is -0.497 e. The minimum atomic E-state index is -3.59. The predicted molar refractivity (Wildman–Crippen MR) is 146 cm³/mol. The van der Waals surface area contributed by atoms with Crippen LogP contribution in [0.4, 0.5) is 23.3 Å². The van der Waals surface area contributed by atoms with E-state index < -0.39 is 10.0 Å². The first-order chi connectivity index (χ1) is 17.9. The van der Waals surface area contributed by atoms with Crippen molar-refractivity contribution in [1.29, 1.82) is 0 Å². The summed E-state index contributed by atoms with van der Waals surface area (Å²) in [6, 6.07) is 16.7. The van der Waals surface area contributed by atoms with E-state index in [9.17, 15) is 8.42 Å². The summed E-state index contributed by atoms with van der Waals surface area (Å²) in [6.45, 7) is 7.33. The molecule has 2 aromatic carbocycles. The predicted octanol–water partition coefficient (Wildman–Crippen LogP) is 2.46. The summed E-state index contributed by atoms with van der Waals surface area (Å²) >= 11 is 0. The van der Waals surface area contributed by atoms with Crippen LogP contribution in [0, 0.1) is 6.92 Å². The van der Waals surface area contributed by atoms with E-state index in [-0.39, 0.29) is 4.90 Å². The summed E-state index contributed by atoms with van der Waals surface area (Å²) in [7, 11) is -2.03. The van der Waals surface area contributed by atoms with E-state index in [4.69, 9.17) is 14.7 Å². The molecule has 3 heterocycles. The zero-order valence-corrected chi connectivity index (χ0v) is 22.0. The topological polar surface area (TPSA) is 103 Å². The highest BCUT2D eigenvalue weighted by atomic mass is 32.2. The van der Waals surface area contributed by atoms with E-state index in [1.165, 1.54) is 9.87 Å². The number of nitrogens with zero attached hydrogens (tertiary/aromatic N) is 5. The lowest BCUT2D eigenvalue weighted by Crippen LogP contribution is -2.49. The molecular formula is C26H33N7O3S. The Bertz CT molecular complexity index is 1300. The number of hydrogen-bond donors (Lipinski definition) is 2. The standard InChI is InChI=1S/C26H33N7O3S/c1-20-3-5-21(6-4-20)28-24-19-25(31-13-11-27-12-14-31)30-26(29-24)32-15-17-33(18-16-32)37(34,35)23-9-7-22(36-2)8-10-23/h3-10,19,27H,11-18H2,1-2H3,(H,28,29,30). The number of benzene rings is 2. The van der Waals surface area contributed by atoms with Gasteiger partial charge in [-0.15, -0.1) is 0 Å². The molecule has 2 aliphatic rings. The van der Waals surface area contributed by atoms with E-state index in [1.807, 2.05) is 18.2 Å². The smallest absolute Gasteiger partial charge is 0.243 e. The van der Waals surface area contributed by atoms with Gasteiger partial charge in [0.05, 0.1) is 12.0 Å². The summed E-state index contributed by atoms with van der Waals surface area (Å²) in [5.74, 6) is 2.82. The van der Waals surface area contributed by atoms with E-state index in [1.54, 1.807) is 31.4 Å². The SMILES string of the molecule is COc1ccc(S(=O)(=O)N2CCN(c3nc(Nc4ccc(C)cc4)cc(N4CCNCC4)n3)CC2)cc1. The van der Waals surface area contributed by atoms with Gasteiger partial charge < -0.3 is 25.2 Å². The van der Waals surface area contributed by atoms with Crippen LogP contribution < -0.4 is 25.2 Å². The van der Waals surface area contributed by atoms with Crippen LogP contribution in [-0.2, 0) is 10.0 Å². The number of ether oxygens (including phenoxy) is 1. The molecule has 37 heavy (non-hydrogen) atoms. The van der Waals surface area contributed by atoms with Crippen LogP contribution in [-0.4, -0.2) is 82.2 Å². The van der Waals surface area contributed by atoms with Gasteiger partial charge in [0.15, 0.2) is 0 Å². The summed E-state index contributed by atoms with van der Waals surface area (Å²) in [5, 5.41) is 6.80. The molecule has 0 spiro atoms. The molecule has 0 radical (unpaired) electrons. The van der Waals surface area contributed by atoms with Gasteiger partial charge in [0.2, 0.25) is 16.0 Å². The monoisotopic (exact) mass is 523 g/mol. The van der Waals surface area contributed by atoms with Crippen LogP contribution >= 0.6 is 0 Å². The normalized spacial score (nSPS) is 17.0. The number of sulfonamides is 1. The second kappa shape index (κ2) is 10.9. The number of piperazine rings is 2. The highest BCUT2D eigenvalue weighted by Crippen LogP contribution is 2.26. The molecule has 0 amide bonds. The molecule has 0 aliphatic carbocycles. The Balaban J connectivity index is 1.35. The number of aromatic nitrogens is 2. The Hall–Kier alpha value is -3.41. The van der Waals surface area contributed by atoms with Crippen molar-refractivity contribution < 1.29 is 13.2 Å². The van der Waals surface area contributed by atoms with Crippen molar-refractivity contribution in [1.82, 2.24) is 19.6 Å². The van der Waals surface area contributed by atoms with Crippen molar-refractivity contribution in [2.24, 2.45) is 0 Å². The maximum atomic E-state index is 13.2. The number of methoxy groups -OCH3 is 1. The van der Waals surface area contributed by atoms with Gasteiger partial charge in [-0.05, 0) is 43.3 Å². The second-order valence-electron chi connectivity index (χ2n) is 9.21. The average Bonchev–Trinajstić information content (AvgIpc) is 2.95. The minimum absolute atomic E-state index is 0.267. The van der Waals surface area contributed by atoms with E-state index in [0.717, 1.165) is 43.5 Å². The fourth-order valence-electron chi connectivity index (χ4n) is 4.49. The molecule has 10 nitrogen and oxygen atoms in total. The van der Waals surface area contributed by atoms with Crippen LogP contribution in [0.1, 0.15) is 5.56 Å². The van der Waals surface area contributed by atoms with E-state index >= 15 is 0 Å². The molecule has 0 bridgehead atoms. The number of aryl methyl sites for hydroxylation is 1. The Morgan fingerprint density at radius 2 is 1.54 bits per heavy atom. The molecule has 5 rings (SSSR count). The Morgan fingerprint density at radius 3 is 2.19 bits per heavy atom. The molecule has 2 N–H and O–H groups in total. The maximum Gasteiger partial charge on any atom is 0.243 e. The van der Waals surface area contributed by atoms with Crippen LogP contribution in [0.25, 0.3) is 0 Å². The molecule has 0 atom stereocenters. The van der Waals surface area contributed by atoms with Crippen molar-refractivity contribution in [2.45, 2.75) is 11.8 Å². The van der Waals surface area contributed by atoms with Crippen molar-refractivity contribution in [3.05, 3.63) is 60.2 Å². The third kappa shape index (κ3) is 5.79. The van der Waals surface area contributed by atoms with Gasteiger partial charge in [-0.25, -0.2) is 8.42 Å². The number of anilines is 4. The van der Waals surface area contributed by atoms with Crippen molar-refractivity contribution >= 4 is 33.3 Å². The first-order valence-electron chi connectivity index (χ1n) is 12.5. The average molecular weight is 524 g/mol. The highest BCUT2D eigenvalue weighted by molar-refractivity contribution is 7.89. The molecule has 3 aromatic rings. The van der Waals surface area contributed by atoms with Gasteiger partial charge >= 0.3 is 0 Å².